The van der Waals surface area contributed by atoms with Gasteiger partial charge in [0.15, 0.2) is 0 Å². The van der Waals surface area contributed by atoms with Gasteiger partial charge in [0.05, 0.1) is 15.9 Å². The van der Waals surface area contributed by atoms with Crippen LogP contribution in [0.15, 0.2) is 12.1 Å². The third-order valence-electron chi connectivity index (χ3n) is 2.17. The van der Waals surface area contributed by atoms with Crippen LogP contribution in [0.2, 0.25) is 0 Å². The molecule has 0 bridgehead atoms. The van der Waals surface area contributed by atoms with Gasteiger partial charge in [-0.05, 0) is 12.5 Å². The molecule has 0 radical (unpaired) electrons. The van der Waals surface area contributed by atoms with Crippen molar-refractivity contribution in [1.82, 2.24) is 0 Å². The lowest BCUT2D eigenvalue weighted by Gasteiger charge is -2.17. The van der Waals surface area contributed by atoms with E-state index in [4.69, 9.17) is 0 Å². The maximum Gasteiger partial charge on any atom is 0.461 e. The van der Waals surface area contributed by atoms with E-state index in [1.54, 1.807) is 0 Å². The van der Waals surface area contributed by atoms with E-state index in [9.17, 15) is 37.8 Å². The van der Waals surface area contributed by atoms with Crippen LogP contribution >= 0.6 is 0 Å². The molecule has 1 rings (SSSR count). The summed E-state index contributed by atoms with van der Waals surface area (Å²) in [7, 11) is 0. The van der Waals surface area contributed by atoms with Gasteiger partial charge < -0.3 is 4.74 Å². The second-order valence-corrected chi connectivity index (χ2v) is 3.59. The third-order valence-corrected chi connectivity index (χ3v) is 2.17. The lowest BCUT2D eigenvalue weighted by molar-refractivity contribution is -0.422. The molecule has 1 aromatic rings. The van der Waals surface area contributed by atoms with Crippen molar-refractivity contribution >= 4 is 11.4 Å². The Morgan fingerprint density at radius 2 is 1.60 bits per heavy atom. The molecule has 7 nitrogen and oxygen atoms in total. The Labute approximate surface area is 108 Å². The lowest BCUT2D eigenvalue weighted by atomic mass is 10.1. The molecule has 0 fully saturated rings. The highest BCUT2D eigenvalue weighted by atomic mass is 19.3. The number of benzene rings is 1. The fourth-order valence-corrected chi connectivity index (χ4v) is 1.26. The number of nitro groups is 2. The van der Waals surface area contributed by atoms with E-state index in [-0.39, 0.29) is 5.56 Å². The smallest absolute Gasteiger partial charge is 0.428 e. The zero-order valence-electron chi connectivity index (χ0n) is 9.68. The fraction of sp³-hybridized carbons (Fsp3) is 0.333. The average molecular weight is 298 g/mol. The number of hydrogen-bond acceptors (Lipinski definition) is 5. The minimum absolute atomic E-state index is 0.309. The number of halogens is 4. The van der Waals surface area contributed by atoms with Crippen LogP contribution in [0.3, 0.4) is 0 Å². The Bertz CT molecular complexity index is 564. The molecular formula is C9H6F4N2O5. The van der Waals surface area contributed by atoms with Crippen molar-refractivity contribution in [2.24, 2.45) is 0 Å². The predicted molar refractivity (Wildman–Crippen MR) is 56.1 cm³/mol. The quantitative estimate of drug-likeness (QED) is 0.473. The second kappa shape index (κ2) is 5.27. The Morgan fingerprint density at radius 3 is 2.00 bits per heavy atom. The Kier molecular flexibility index (Phi) is 4.11. The normalized spacial score (nSPS) is 11.5. The summed E-state index contributed by atoms with van der Waals surface area (Å²) in [4.78, 5) is 18.9. The second-order valence-electron chi connectivity index (χ2n) is 3.59. The number of ether oxygens (including phenoxy) is 1. The topological polar surface area (TPSA) is 95.5 Å². The molecule has 0 unspecified atom stereocenters. The van der Waals surface area contributed by atoms with E-state index in [0.717, 1.165) is 6.92 Å². The predicted octanol–water partition coefficient (Wildman–Crippen LogP) is 3.05. The number of hydrogen-bond donors (Lipinski definition) is 0. The standard InChI is InChI=1S/C9H6F4N2O5/c1-4-2-5(14(16)17)6(15(18)19)3-7(4)20-9(12,13)8(10)11/h2-3,8H,1H3. The molecule has 0 amide bonds. The summed E-state index contributed by atoms with van der Waals surface area (Å²) < 4.78 is 53.1. The molecule has 1 aromatic carbocycles. The van der Waals surface area contributed by atoms with Crippen molar-refractivity contribution < 1.29 is 32.1 Å². The zero-order valence-corrected chi connectivity index (χ0v) is 9.68. The first-order valence-electron chi connectivity index (χ1n) is 4.84. The highest BCUT2D eigenvalue weighted by Crippen LogP contribution is 2.37. The van der Waals surface area contributed by atoms with Crippen LogP contribution < -0.4 is 4.74 Å². The number of rotatable bonds is 5. The van der Waals surface area contributed by atoms with E-state index in [1.807, 2.05) is 0 Å². The SMILES string of the molecule is Cc1cc([N+](=O)[O-])c([N+](=O)[O-])cc1OC(F)(F)C(F)F. The van der Waals surface area contributed by atoms with Gasteiger partial charge in [-0.3, -0.25) is 20.2 Å². The molecule has 0 heterocycles. The first kappa shape index (κ1) is 15.6. The van der Waals surface area contributed by atoms with Gasteiger partial charge in [-0.1, -0.05) is 0 Å². The van der Waals surface area contributed by atoms with Crippen molar-refractivity contribution in [2.75, 3.05) is 0 Å². The molecule has 0 spiro atoms. The minimum atomic E-state index is -4.87. The van der Waals surface area contributed by atoms with Crippen molar-refractivity contribution in [3.05, 3.63) is 37.9 Å². The molecule has 0 saturated heterocycles. The van der Waals surface area contributed by atoms with Crippen LogP contribution in [-0.4, -0.2) is 22.4 Å². The van der Waals surface area contributed by atoms with Crippen molar-refractivity contribution in [3.8, 4) is 5.75 Å². The minimum Gasteiger partial charge on any atom is -0.428 e. The first-order chi connectivity index (χ1) is 9.06. The molecule has 0 atom stereocenters. The summed E-state index contributed by atoms with van der Waals surface area (Å²) in [5.74, 6) is -0.937. The largest absolute Gasteiger partial charge is 0.461 e. The summed E-state index contributed by atoms with van der Waals surface area (Å²) in [6.45, 7) is 1.05. The molecule has 20 heavy (non-hydrogen) atoms. The Balaban J connectivity index is 3.33. The van der Waals surface area contributed by atoms with E-state index in [1.165, 1.54) is 0 Å². The molecular weight excluding hydrogens is 292 g/mol. The van der Waals surface area contributed by atoms with Gasteiger partial charge in [0, 0.05) is 6.07 Å². The maximum atomic E-state index is 12.7. The summed E-state index contributed by atoms with van der Waals surface area (Å²) in [5.41, 5.74) is -2.41. The number of nitrogens with zero attached hydrogens (tertiary/aromatic N) is 2. The highest BCUT2D eigenvalue weighted by molar-refractivity contribution is 5.59. The molecule has 0 N–H and O–H groups in total. The third kappa shape index (κ3) is 3.10. The van der Waals surface area contributed by atoms with Crippen LogP contribution in [0.1, 0.15) is 5.56 Å². The van der Waals surface area contributed by atoms with Crippen molar-refractivity contribution in [2.45, 2.75) is 19.5 Å². The van der Waals surface area contributed by atoms with Crippen LogP contribution in [-0.2, 0) is 0 Å². The molecule has 0 aliphatic rings. The van der Waals surface area contributed by atoms with Crippen LogP contribution in [0.25, 0.3) is 0 Å². The fourth-order valence-electron chi connectivity index (χ4n) is 1.26. The van der Waals surface area contributed by atoms with E-state index < -0.39 is 39.5 Å². The van der Waals surface area contributed by atoms with E-state index in [0.29, 0.717) is 12.1 Å². The summed E-state index contributed by atoms with van der Waals surface area (Å²) in [6, 6.07) is 0.902. The summed E-state index contributed by atoms with van der Waals surface area (Å²) in [6.07, 6.45) is -9.02. The molecule has 11 heteroatoms. The van der Waals surface area contributed by atoms with Gasteiger partial charge in [-0.15, -0.1) is 0 Å². The monoisotopic (exact) mass is 298 g/mol. The van der Waals surface area contributed by atoms with Gasteiger partial charge in [0.2, 0.25) is 0 Å². The lowest BCUT2D eigenvalue weighted by Crippen LogP contribution is -2.33. The average Bonchev–Trinajstić information content (AvgIpc) is 2.30. The number of nitro benzene ring substituents is 2. The van der Waals surface area contributed by atoms with Gasteiger partial charge in [-0.25, -0.2) is 0 Å². The van der Waals surface area contributed by atoms with Crippen LogP contribution in [0.5, 0.6) is 5.75 Å². The van der Waals surface area contributed by atoms with Gasteiger partial charge in [0.25, 0.3) is 0 Å². The summed E-state index contributed by atoms with van der Waals surface area (Å²) >= 11 is 0. The molecule has 0 aliphatic carbocycles. The van der Waals surface area contributed by atoms with Crippen LogP contribution in [0.4, 0.5) is 28.9 Å². The highest BCUT2D eigenvalue weighted by Gasteiger charge is 2.45. The number of aryl methyl sites for hydroxylation is 1. The zero-order chi connectivity index (χ0) is 15.7. The van der Waals surface area contributed by atoms with Gasteiger partial charge in [0.1, 0.15) is 5.75 Å². The number of alkyl halides is 4. The van der Waals surface area contributed by atoms with Crippen molar-refractivity contribution in [1.29, 1.82) is 0 Å². The maximum absolute atomic E-state index is 12.7. The van der Waals surface area contributed by atoms with Crippen molar-refractivity contribution in [3.63, 3.8) is 0 Å². The molecule has 110 valence electrons. The molecule has 0 aromatic heterocycles. The van der Waals surface area contributed by atoms with Crippen LogP contribution in [0, 0.1) is 27.2 Å². The van der Waals surface area contributed by atoms with Gasteiger partial charge in [-0.2, -0.15) is 17.6 Å². The van der Waals surface area contributed by atoms with E-state index >= 15 is 0 Å². The summed E-state index contributed by atoms with van der Waals surface area (Å²) in [5, 5.41) is 21.2. The first-order valence-corrected chi connectivity index (χ1v) is 4.84. The van der Waals surface area contributed by atoms with E-state index in [2.05, 4.69) is 4.74 Å². The molecule has 0 saturated carbocycles. The Hall–Kier alpha value is -2.46. The Morgan fingerprint density at radius 1 is 1.15 bits per heavy atom. The molecule has 0 aliphatic heterocycles. The van der Waals surface area contributed by atoms with Gasteiger partial charge >= 0.3 is 23.9 Å².